The van der Waals surface area contributed by atoms with E-state index in [2.05, 4.69) is 4.72 Å². The van der Waals surface area contributed by atoms with E-state index in [1.165, 1.54) is 18.2 Å². The predicted molar refractivity (Wildman–Crippen MR) is 67.3 cm³/mol. The summed E-state index contributed by atoms with van der Waals surface area (Å²) in [4.78, 5) is -0.436. The van der Waals surface area contributed by atoms with Gasteiger partial charge in [0.15, 0.2) is 5.82 Å². The van der Waals surface area contributed by atoms with Crippen LogP contribution < -0.4 is 10.5 Å². The summed E-state index contributed by atoms with van der Waals surface area (Å²) >= 11 is 5.57. The Morgan fingerprint density at radius 2 is 2.17 bits per heavy atom. The molecule has 0 saturated heterocycles. The quantitative estimate of drug-likeness (QED) is 0.864. The number of hydrogen-bond donors (Lipinski definition) is 2. The first-order valence-electron chi connectivity index (χ1n) is 5.62. The molecule has 1 aromatic carbocycles. The molecule has 1 unspecified atom stereocenters. The molecule has 0 bridgehead atoms. The number of halogens is 2. The monoisotopic (exact) mass is 292 g/mol. The van der Waals surface area contributed by atoms with E-state index in [1.54, 1.807) is 0 Å². The highest BCUT2D eigenvalue weighted by atomic mass is 35.5. The molecular formula is C11H14ClFN2O2S. The van der Waals surface area contributed by atoms with Crippen molar-refractivity contribution < 1.29 is 12.8 Å². The fourth-order valence-corrected chi connectivity index (χ4v) is 3.44. The maximum atomic E-state index is 13.7. The maximum Gasteiger partial charge on any atom is 0.243 e. The van der Waals surface area contributed by atoms with E-state index in [0.29, 0.717) is 0 Å². The normalized spacial score (nSPS) is 17.7. The van der Waals surface area contributed by atoms with Crippen LogP contribution in [0.4, 0.5) is 4.39 Å². The van der Waals surface area contributed by atoms with E-state index in [-0.39, 0.29) is 23.5 Å². The molecule has 0 radical (unpaired) electrons. The van der Waals surface area contributed by atoms with Gasteiger partial charge in [0.05, 0.1) is 5.02 Å². The largest absolute Gasteiger partial charge is 0.329 e. The van der Waals surface area contributed by atoms with Gasteiger partial charge in [0.2, 0.25) is 10.0 Å². The minimum Gasteiger partial charge on any atom is -0.329 e. The molecule has 1 atom stereocenters. The third-order valence-electron chi connectivity index (χ3n) is 2.96. The van der Waals surface area contributed by atoms with E-state index in [9.17, 15) is 12.8 Å². The van der Waals surface area contributed by atoms with Crippen molar-refractivity contribution in [2.24, 2.45) is 11.7 Å². The third-order valence-corrected chi connectivity index (χ3v) is 4.76. The summed E-state index contributed by atoms with van der Waals surface area (Å²) in [5.74, 6) is -0.676. The zero-order valence-electron chi connectivity index (χ0n) is 9.57. The molecule has 1 aliphatic rings. The van der Waals surface area contributed by atoms with Crippen LogP contribution in [0.25, 0.3) is 0 Å². The fourth-order valence-electron chi connectivity index (χ4n) is 1.79. The van der Waals surface area contributed by atoms with Crippen molar-refractivity contribution in [2.75, 3.05) is 6.54 Å². The molecule has 0 aromatic heterocycles. The van der Waals surface area contributed by atoms with Crippen molar-refractivity contribution in [3.05, 3.63) is 29.0 Å². The first kappa shape index (κ1) is 13.7. The van der Waals surface area contributed by atoms with E-state index >= 15 is 0 Å². The zero-order valence-corrected chi connectivity index (χ0v) is 11.1. The highest BCUT2D eigenvalue weighted by Crippen LogP contribution is 2.33. The summed E-state index contributed by atoms with van der Waals surface area (Å²) in [6.45, 7) is 0.200. The lowest BCUT2D eigenvalue weighted by Crippen LogP contribution is -2.41. The van der Waals surface area contributed by atoms with Gasteiger partial charge >= 0.3 is 0 Å². The molecule has 100 valence electrons. The first-order chi connectivity index (χ1) is 8.45. The van der Waals surface area contributed by atoms with Crippen LogP contribution in [-0.2, 0) is 10.0 Å². The smallest absolute Gasteiger partial charge is 0.243 e. The van der Waals surface area contributed by atoms with Gasteiger partial charge in [-0.15, -0.1) is 0 Å². The average Bonchev–Trinajstić information content (AvgIpc) is 3.13. The Kier molecular flexibility index (Phi) is 3.91. The molecule has 1 aliphatic carbocycles. The fraction of sp³-hybridized carbons (Fsp3) is 0.455. The van der Waals surface area contributed by atoms with Gasteiger partial charge in [-0.05, 0) is 30.9 Å². The molecule has 1 aromatic rings. The number of nitrogens with two attached hydrogens (primary N) is 1. The zero-order chi connectivity index (χ0) is 13.3. The summed E-state index contributed by atoms with van der Waals surface area (Å²) in [5.41, 5.74) is 5.52. The molecule has 18 heavy (non-hydrogen) atoms. The van der Waals surface area contributed by atoms with Crippen molar-refractivity contribution in [2.45, 2.75) is 23.8 Å². The number of rotatable bonds is 5. The van der Waals surface area contributed by atoms with Gasteiger partial charge in [0.25, 0.3) is 0 Å². The van der Waals surface area contributed by atoms with Crippen molar-refractivity contribution in [1.82, 2.24) is 4.72 Å². The van der Waals surface area contributed by atoms with E-state index < -0.39 is 20.7 Å². The van der Waals surface area contributed by atoms with Crippen LogP contribution in [0.15, 0.2) is 23.1 Å². The second-order valence-corrected chi connectivity index (χ2v) is 6.44. The molecular weight excluding hydrogens is 279 g/mol. The van der Waals surface area contributed by atoms with Gasteiger partial charge in [-0.2, -0.15) is 0 Å². The molecule has 2 rings (SSSR count). The molecule has 1 saturated carbocycles. The topological polar surface area (TPSA) is 72.2 Å². The minimum absolute atomic E-state index is 0.200. The Morgan fingerprint density at radius 3 is 2.72 bits per heavy atom. The Bertz CT molecular complexity index is 546. The van der Waals surface area contributed by atoms with Crippen LogP contribution in [0.1, 0.15) is 12.8 Å². The lowest BCUT2D eigenvalue weighted by molar-refractivity contribution is 0.511. The summed E-state index contributed by atoms with van der Waals surface area (Å²) in [7, 11) is -3.92. The summed E-state index contributed by atoms with van der Waals surface area (Å²) in [6.07, 6.45) is 1.89. The standard InChI is InChI=1S/C11H14ClFN2O2S/c12-8-2-1-3-10(11(8)13)18(16,17)15-9(6-14)7-4-5-7/h1-3,7,9,15H,4-6,14H2. The molecule has 4 nitrogen and oxygen atoms in total. The van der Waals surface area contributed by atoms with E-state index in [4.69, 9.17) is 17.3 Å². The van der Waals surface area contributed by atoms with Crippen LogP contribution in [0.2, 0.25) is 5.02 Å². The second kappa shape index (κ2) is 5.13. The van der Waals surface area contributed by atoms with Gasteiger partial charge in [-0.1, -0.05) is 17.7 Å². The van der Waals surface area contributed by atoms with Crippen LogP contribution >= 0.6 is 11.6 Å². The Morgan fingerprint density at radius 1 is 1.50 bits per heavy atom. The van der Waals surface area contributed by atoms with Crippen LogP contribution in [0.5, 0.6) is 0 Å². The summed E-state index contributed by atoms with van der Waals surface area (Å²) < 4.78 is 40.2. The van der Waals surface area contributed by atoms with Gasteiger partial charge < -0.3 is 5.73 Å². The molecule has 0 amide bonds. The second-order valence-electron chi connectivity index (χ2n) is 4.35. The van der Waals surface area contributed by atoms with E-state index in [0.717, 1.165) is 12.8 Å². The molecule has 3 N–H and O–H groups in total. The van der Waals surface area contributed by atoms with Crippen LogP contribution in [0, 0.1) is 11.7 Å². The average molecular weight is 293 g/mol. The molecule has 0 heterocycles. The lowest BCUT2D eigenvalue weighted by atomic mass is 10.2. The van der Waals surface area contributed by atoms with Gasteiger partial charge in [-0.3, -0.25) is 0 Å². The van der Waals surface area contributed by atoms with Gasteiger partial charge in [0, 0.05) is 12.6 Å². The van der Waals surface area contributed by atoms with Crippen LogP contribution in [0.3, 0.4) is 0 Å². The number of nitrogens with one attached hydrogen (secondary N) is 1. The number of sulfonamides is 1. The summed E-state index contributed by atoms with van der Waals surface area (Å²) in [5, 5.41) is -0.214. The van der Waals surface area contributed by atoms with E-state index in [1.807, 2.05) is 0 Å². The molecule has 7 heteroatoms. The van der Waals surface area contributed by atoms with Crippen LogP contribution in [-0.4, -0.2) is 21.0 Å². The lowest BCUT2D eigenvalue weighted by Gasteiger charge is -2.16. The summed E-state index contributed by atoms with van der Waals surface area (Å²) in [6, 6.07) is 3.55. The third kappa shape index (κ3) is 2.83. The first-order valence-corrected chi connectivity index (χ1v) is 7.48. The number of benzene rings is 1. The van der Waals surface area contributed by atoms with Gasteiger partial charge in [0.1, 0.15) is 4.90 Å². The van der Waals surface area contributed by atoms with Crippen molar-refractivity contribution >= 4 is 21.6 Å². The molecule has 0 spiro atoms. The number of hydrogen-bond acceptors (Lipinski definition) is 3. The van der Waals surface area contributed by atoms with Crippen molar-refractivity contribution in [3.8, 4) is 0 Å². The van der Waals surface area contributed by atoms with Crippen molar-refractivity contribution in [1.29, 1.82) is 0 Å². The molecule has 1 fully saturated rings. The van der Waals surface area contributed by atoms with Crippen molar-refractivity contribution in [3.63, 3.8) is 0 Å². The predicted octanol–water partition coefficient (Wildman–Crippen LogP) is 1.49. The maximum absolute atomic E-state index is 13.7. The SMILES string of the molecule is NCC(NS(=O)(=O)c1cccc(Cl)c1F)C1CC1. The minimum atomic E-state index is -3.92. The van der Waals surface area contributed by atoms with Gasteiger partial charge in [-0.25, -0.2) is 17.5 Å². The molecule has 0 aliphatic heterocycles. The Hall–Kier alpha value is -0.690. The highest BCUT2D eigenvalue weighted by Gasteiger charge is 2.34. The Labute approximate surface area is 110 Å². The Balaban J connectivity index is 2.27. The highest BCUT2D eigenvalue weighted by molar-refractivity contribution is 7.89.